The maximum Gasteiger partial charge on any atom is 0.271 e. The second-order valence-electron chi connectivity index (χ2n) is 4.67. The molecule has 6 nitrogen and oxygen atoms in total. The Kier molecular flexibility index (Phi) is 5.07. The molecule has 23 heavy (non-hydrogen) atoms. The van der Waals surface area contributed by atoms with E-state index in [0.29, 0.717) is 5.56 Å². The zero-order valence-corrected chi connectivity index (χ0v) is 12.9. The first-order valence-electron chi connectivity index (χ1n) is 6.71. The van der Waals surface area contributed by atoms with Gasteiger partial charge in [0.05, 0.1) is 18.9 Å². The molecule has 0 aliphatic carbocycles. The van der Waals surface area contributed by atoms with Crippen molar-refractivity contribution in [2.45, 2.75) is 6.92 Å². The lowest BCUT2D eigenvalue weighted by Crippen LogP contribution is -2.29. The molecule has 1 aromatic carbocycles. The number of halogens is 2. The van der Waals surface area contributed by atoms with E-state index in [4.69, 9.17) is 4.84 Å². The van der Waals surface area contributed by atoms with Crippen molar-refractivity contribution in [3.05, 3.63) is 47.3 Å². The minimum atomic E-state index is -0.705. The summed E-state index contributed by atoms with van der Waals surface area (Å²) in [4.78, 5) is 16.4. The van der Waals surface area contributed by atoms with Gasteiger partial charge in [-0.15, -0.1) is 0 Å². The predicted octanol–water partition coefficient (Wildman–Crippen LogP) is 1.83. The third-order valence-electron chi connectivity index (χ3n) is 3.06. The summed E-state index contributed by atoms with van der Waals surface area (Å²) < 4.78 is 29.1. The zero-order valence-electron chi connectivity index (χ0n) is 12.9. The molecule has 1 heterocycles. The van der Waals surface area contributed by atoms with Gasteiger partial charge in [-0.1, -0.05) is 6.07 Å². The summed E-state index contributed by atoms with van der Waals surface area (Å²) >= 11 is 0. The van der Waals surface area contributed by atoms with Gasteiger partial charge in [0.1, 0.15) is 23.0 Å². The topological polar surface area (TPSA) is 68.2 Å². The number of aromatic nitrogens is 2. The van der Waals surface area contributed by atoms with Crippen molar-refractivity contribution < 1.29 is 18.4 Å². The van der Waals surface area contributed by atoms with Crippen molar-refractivity contribution in [3.8, 4) is 11.3 Å². The van der Waals surface area contributed by atoms with Crippen LogP contribution in [0, 0.1) is 18.6 Å². The monoisotopic (exact) mass is 322 g/mol. The van der Waals surface area contributed by atoms with E-state index in [1.165, 1.54) is 31.1 Å². The van der Waals surface area contributed by atoms with E-state index in [1.807, 2.05) is 0 Å². The molecule has 8 heteroatoms. The largest absolute Gasteiger partial charge is 0.354 e. The molecule has 0 saturated carbocycles. The summed E-state index contributed by atoms with van der Waals surface area (Å²) in [5, 5.41) is 6.56. The average Bonchev–Trinajstić information content (AvgIpc) is 2.86. The van der Waals surface area contributed by atoms with Crippen LogP contribution in [0.2, 0.25) is 0 Å². The SMILES string of the molecule is CNC(=O)C(=Cn1cc(C)c(-c2c(F)cccc2F)n1)NOC. The van der Waals surface area contributed by atoms with Gasteiger partial charge >= 0.3 is 0 Å². The van der Waals surface area contributed by atoms with Crippen molar-refractivity contribution in [1.29, 1.82) is 0 Å². The highest BCUT2D eigenvalue weighted by atomic mass is 19.1. The smallest absolute Gasteiger partial charge is 0.271 e. The summed E-state index contributed by atoms with van der Waals surface area (Å²) in [6.07, 6.45) is 2.89. The van der Waals surface area contributed by atoms with E-state index in [1.54, 1.807) is 13.1 Å². The Morgan fingerprint density at radius 3 is 2.57 bits per heavy atom. The first-order valence-corrected chi connectivity index (χ1v) is 6.71. The standard InChI is InChI=1S/C15H16F2N4O2/c1-9-7-21(8-12(20-23-3)15(22)18-2)19-14(9)13-10(16)5-4-6-11(13)17/h4-8,20H,1-3H3,(H,18,22). The van der Waals surface area contributed by atoms with Crippen LogP contribution >= 0.6 is 0 Å². The fourth-order valence-corrected chi connectivity index (χ4v) is 2.03. The third kappa shape index (κ3) is 3.54. The Bertz CT molecular complexity index is 736. The molecule has 0 aliphatic rings. The Hall–Kier alpha value is -2.74. The van der Waals surface area contributed by atoms with Crippen LogP contribution in [0.25, 0.3) is 17.5 Å². The Labute approximate surface area is 131 Å². The highest BCUT2D eigenvalue weighted by molar-refractivity contribution is 5.95. The molecule has 0 saturated heterocycles. The van der Waals surface area contributed by atoms with Gasteiger partial charge in [-0.05, 0) is 24.6 Å². The Morgan fingerprint density at radius 2 is 2.00 bits per heavy atom. The van der Waals surface area contributed by atoms with Gasteiger partial charge in [0.2, 0.25) is 0 Å². The van der Waals surface area contributed by atoms with Crippen LogP contribution in [0.3, 0.4) is 0 Å². The number of carbonyl (C=O) groups is 1. The number of carbonyl (C=O) groups excluding carboxylic acids is 1. The number of likely N-dealkylation sites (N-methyl/N-ethyl adjacent to an activating group) is 1. The third-order valence-corrected chi connectivity index (χ3v) is 3.06. The van der Waals surface area contributed by atoms with Gasteiger partial charge in [0, 0.05) is 13.2 Å². The van der Waals surface area contributed by atoms with E-state index in [9.17, 15) is 13.6 Å². The summed E-state index contributed by atoms with van der Waals surface area (Å²) in [7, 11) is 2.81. The number of benzene rings is 1. The van der Waals surface area contributed by atoms with Gasteiger partial charge < -0.3 is 5.32 Å². The van der Waals surface area contributed by atoms with Gasteiger partial charge in [0.15, 0.2) is 0 Å². The molecule has 0 fully saturated rings. The minimum Gasteiger partial charge on any atom is -0.354 e. The summed E-state index contributed by atoms with van der Waals surface area (Å²) in [6, 6.07) is 3.61. The highest BCUT2D eigenvalue weighted by Crippen LogP contribution is 2.27. The molecule has 0 bridgehead atoms. The van der Waals surface area contributed by atoms with Crippen molar-refractivity contribution in [3.63, 3.8) is 0 Å². The number of amides is 1. The van der Waals surface area contributed by atoms with Crippen molar-refractivity contribution in [2.24, 2.45) is 0 Å². The Balaban J connectivity index is 2.47. The van der Waals surface area contributed by atoms with Gasteiger partial charge in [-0.3, -0.25) is 15.1 Å². The number of hydroxylamine groups is 1. The lowest BCUT2D eigenvalue weighted by atomic mass is 10.1. The van der Waals surface area contributed by atoms with Gasteiger partial charge in [-0.2, -0.15) is 5.10 Å². The number of hydrogen-bond donors (Lipinski definition) is 2. The highest BCUT2D eigenvalue weighted by Gasteiger charge is 2.17. The van der Waals surface area contributed by atoms with E-state index in [2.05, 4.69) is 15.9 Å². The number of nitrogens with zero attached hydrogens (tertiary/aromatic N) is 2. The number of hydrogen-bond acceptors (Lipinski definition) is 4. The molecule has 0 radical (unpaired) electrons. The van der Waals surface area contributed by atoms with Crippen LogP contribution in [0.5, 0.6) is 0 Å². The molecule has 0 spiro atoms. The second-order valence-corrected chi connectivity index (χ2v) is 4.67. The lowest BCUT2D eigenvalue weighted by molar-refractivity contribution is -0.118. The molecular weight excluding hydrogens is 306 g/mol. The fraction of sp³-hybridized carbons (Fsp3) is 0.200. The quantitative estimate of drug-likeness (QED) is 0.651. The van der Waals surface area contributed by atoms with Gasteiger partial charge in [0.25, 0.3) is 5.91 Å². The van der Waals surface area contributed by atoms with Crippen molar-refractivity contribution in [1.82, 2.24) is 20.6 Å². The van der Waals surface area contributed by atoms with Crippen LogP contribution in [0.15, 0.2) is 30.1 Å². The normalized spacial score (nSPS) is 11.4. The van der Waals surface area contributed by atoms with E-state index >= 15 is 0 Å². The molecule has 1 amide bonds. The molecule has 2 rings (SSSR count). The zero-order chi connectivity index (χ0) is 17.0. The van der Waals surface area contributed by atoms with Crippen LogP contribution < -0.4 is 10.8 Å². The summed E-state index contributed by atoms with van der Waals surface area (Å²) in [5.41, 5.74) is 3.00. The Morgan fingerprint density at radius 1 is 1.35 bits per heavy atom. The first kappa shape index (κ1) is 16.6. The molecular formula is C15H16F2N4O2. The maximum atomic E-state index is 13.9. The number of aryl methyl sites for hydroxylation is 1. The van der Waals surface area contributed by atoms with Crippen LogP contribution in [0.4, 0.5) is 8.78 Å². The second kappa shape index (κ2) is 7.01. The van der Waals surface area contributed by atoms with Gasteiger partial charge in [-0.25, -0.2) is 13.5 Å². The lowest BCUT2D eigenvalue weighted by Gasteiger charge is -2.06. The summed E-state index contributed by atoms with van der Waals surface area (Å²) in [6.45, 7) is 1.67. The molecule has 2 aromatic rings. The van der Waals surface area contributed by atoms with E-state index in [-0.39, 0.29) is 17.0 Å². The maximum absolute atomic E-state index is 13.9. The molecule has 2 N–H and O–H groups in total. The average molecular weight is 322 g/mol. The minimum absolute atomic E-state index is 0.0815. The molecule has 0 unspecified atom stereocenters. The van der Waals surface area contributed by atoms with E-state index in [0.717, 1.165) is 12.1 Å². The number of rotatable bonds is 5. The first-order chi connectivity index (χ1) is 11.0. The molecule has 1 aromatic heterocycles. The molecule has 0 aliphatic heterocycles. The van der Waals surface area contributed by atoms with Crippen LogP contribution in [0.1, 0.15) is 5.56 Å². The van der Waals surface area contributed by atoms with Crippen molar-refractivity contribution >= 4 is 12.1 Å². The molecule has 122 valence electrons. The number of nitrogens with one attached hydrogen (secondary N) is 2. The van der Waals surface area contributed by atoms with Crippen LogP contribution in [-0.4, -0.2) is 29.8 Å². The molecule has 0 atom stereocenters. The van der Waals surface area contributed by atoms with Crippen molar-refractivity contribution in [2.75, 3.05) is 14.2 Å². The summed E-state index contributed by atoms with van der Waals surface area (Å²) in [5.74, 6) is -1.84. The van der Waals surface area contributed by atoms with E-state index < -0.39 is 17.5 Å². The fourth-order valence-electron chi connectivity index (χ4n) is 2.03. The predicted molar refractivity (Wildman–Crippen MR) is 80.8 cm³/mol. The van der Waals surface area contributed by atoms with Crippen LogP contribution in [-0.2, 0) is 9.63 Å².